The van der Waals surface area contributed by atoms with Gasteiger partial charge in [-0.3, -0.25) is 14.7 Å². The quantitative estimate of drug-likeness (QED) is 0.322. The lowest BCUT2D eigenvalue weighted by atomic mass is 9.63. The van der Waals surface area contributed by atoms with E-state index in [0.29, 0.717) is 36.8 Å². The second kappa shape index (κ2) is 15.3. The minimum absolute atomic E-state index is 0.226. The van der Waals surface area contributed by atoms with Gasteiger partial charge in [0.2, 0.25) is 10.0 Å². The van der Waals surface area contributed by atoms with E-state index in [1.807, 2.05) is 38.4 Å². The van der Waals surface area contributed by atoms with Gasteiger partial charge in [0.15, 0.2) is 0 Å². The molecule has 4 heterocycles. The van der Waals surface area contributed by atoms with Crippen LogP contribution in [0.15, 0.2) is 67.1 Å². The van der Waals surface area contributed by atoms with Crippen LogP contribution < -0.4 is 19.3 Å². The number of hydrogen-bond donors (Lipinski definition) is 1. The van der Waals surface area contributed by atoms with Crippen molar-refractivity contribution in [3.05, 3.63) is 88.9 Å². The molecule has 1 amide bonds. The van der Waals surface area contributed by atoms with Crippen molar-refractivity contribution in [3.63, 3.8) is 0 Å². The van der Waals surface area contributed by atoms with E-state index in [-0.39, 0.29) is 17.3 Å². The third-order valence-electron chi connectivity index (χ3n) is 13.3. The van der Waals surface area contributed by atoms with E-state index < -0.39 is 26.8 Å². The highest BCUT2D eigenvalue weighted by Crippen LogP contribution is 2.49. The van der Waals surface area contributed by atoms with E-state index in [1.54, 1.807) is 25.4 Å². The van der Waals surface area contributed by atoms with E-state index in [4.69, 9.17) is 21.1 Å². The molecule has 1 N–H and O–H groups in total. The molecule has 1 saturated carbocycles. The Morgan fingerprint density at radius 3 is 2.64 bits per heavy atom. The first-order valence-corrected chi connectivity index (χ1v) is 21.7. The summed E-state index contributed by atoms with van der Waals surface area (Å²) in [6.45, 7) is 9.72. The zero-order valence-corrected chi connectivity index (χ0v) is 33.7. The number of halogens is 1. The van der Waals surface area contributed by atoms with Gasteiger partial charge in [-0.05, 0) is 105 Å². The Labute approximate surface area is 330 Å². The summed E-state index contributed by atoms with van der Waals surface area (Å²) in [6.07, 6.45) is 15.2. The van der Waals surface area contributed by atoms with Crippen molar-refractivity contribution in [2.45, 2.75) is 68.6 Å². The number of amides is 1. The topological polar surface area (TPSA) is 117 Å². The van der Waals surface area contributed by atoms with Crippen LogP contribution >= 0.6 is 11.6 Å². The Morgan fingerprint density at radius 1 is 1.05 bits per heavy atom. The molecule has 3 aromatic rings. The first-order valence-electron chi connectivity index (χ1n) is 19.8. The number of fused-ring (bicyclic) bond motifs is 4. The molecule has 5 aliphatic rings. The number of hydrogen-bond acceptors (Lipinski definition) is 10. The third kappa shape index (κ3) is 7.47. The molecule has 55 heavy (non-hydrogen) atoms. The highest BCUT2D eigenvalue weighted by atomic mass is 35.5. The van der Waals surface area contributed by atoms with Crippen molar-refractivity contribution in [1.29, 1.82) is 0 Å². The lowest BCUT2D eigenvalue weighted by Gasteiger charge is -2.52. The SMILES string of the molecule is CO[C@@]1(CN2CCN(c3cnccn3)CC2)/C=C\C[C@H](C)[C@@H](C)S(=O)(=O)NC(=O)c2ccc3c(c2)N(C[C@@H]2CC[C@H]21)C[C@@]1(CCCc2cc(Cl)ccc21)CO3. The van der Waals surface area contributed by atoms with Gasteiger partial charge in [0.05, 0.1) is 23.7 Å². The van der Waals surface area contributed by atoms with Crippen LogP contribution in [0.2, 0.25) is 5.02 Å². The molecule has 11 nitrogen and oxygen atoms in total. The van der Waals surface area contributed by atoms with Gasteiger partial charge in [0.1, 0.15) is 17.2 Å². The Balaban J connectivity index is 1.16. The van der Waals surface area contributed by atoms with Crippen molar-refractivity contribution in [2.24, 2.45) is 17.8 Å². The molecule has 1 spiro atoms. The van der Waals surface area contributed by atoms with Crippen LogP contribution in [-0.2, 0) is 26.6 Å². The highest BCUT2D eigenvalue weighted by molar-refractivity contribution is 7.90. The molecule has 1 saturated heterocycles. The van der Waals surface area contributed by atoms with Crippen LogP contribution in [0, 0.1) is 17.8 Å². The maximum absolute atomic E-state index is 13.7. The van der Waals surface area contributed by atoms with Gasteiger partial charge in [0.25, 0.3) is 5.91 Å². The maximum atomic E-state index is 13.7. The van der Waals surface area contributed by atoms with Crippen LogP contribution in [0.1, 0.15) is 67.4 Å². The number of ether oxygens (including phenoxy) is 2. The summed E-state index contributed by atoms with van der Waals surface area (Å²) >= 11 is 6.51. The normalized spacial score (nSPS) is 31.6. The van der Waals surface area contributed by atoms with Gasteiger partial charge in [-0.15, -0.1) is 0 Å². The summed E-state index contributed by atoms with van der Waals surface area (Å²) in [4.78, 5) is 29.7. The van der Waals surface area contributed by atoms with Gasteiger partial charge in [0, 0.05) is 81.3 Å². The lowest BCUT2D eigenvalue weighted by molar-refractivity contribution is -0.0920. The number of rotatable bonds is 4. The molecule has 8 rings (SSSR count). The monoisotopic (exact) mass is 788 g/mol. The predicted molar refractivity (Wildman–Crippen MR) is 216 cm³/mol. The zero-order valence-electron chi connectivity index (χ0n) is 32.1. The van der Waals surface area contributed by atoms with Crippen molar-refractivity contribution in [2.75, 3.05) is 69.3 Å². The second-order valence-electron chi connectivity index (χ2n) is 16.5. The van der Waals surface area contributed by atoms with E-state index >= 15 is 0 Å². The number of carbonyl (C=O) groups is 1. The summed E-state index contributed by atoms with van der Waals surface area (Å²) in [5.74, 6) is 1.27. The fourth-order valence-corrected chi connectivity index (χ4v) is 11.2. The highest BCUT2D eigenvalue weighted by Gasteiger charge is 2.50. The number of benzene rings is 2. The van der Waals surface area contributed by atoms with E-state index in [9.17, 15) is 13.2 Å². The Hall–Kier alpha value is -3.71. The van der Waals surface area contributed by atoms with E-state index in [2.05, 4.69) is 53.7 Å². The molecule has 2 aromatic carbocycles. The molecular weight excluding hydrogens is 736 g/mol. The zero-order chi connectivity index (χ0) is 38.4. The largest absolute Gasteiger partial charge is 0.490 e. The van der Waals surface area contributed by atoms with E-state index in [0.717, 1.165) is 87.9 Å². The summed E-state index contributed by atoms with van der Waals surface area (Å²) in [7, 11) is -2.14. The average molecular weight is 789 g/mol. The number of nitrogens with zero attached hydrogens (tertiary/aromatic N) is 5. The number of carbonyl (C=O) groups excluding carboxylic acids is 1. The number of sulfonamides is 1. The van der Waals surface area contributed by atoms with Crippen molar-refractivity contribution in [1.82, 2.24) is 19.6 Å². The standard InChI is InChI=1S/C42H53ClN6O5S/c1-29-6-4-15-42(53-3,27-47-18-20-48(21-19-47)39-24-44-16-17-45-39)36-11-8-33(36)25-49-26-41(14-5-7-31-22-34(43)10-12-35(31)41)28-54-38-13-9-32(23-37(38)49)40(50)46-55(51,52)30(29)2/h4,9-10,12-13,15-17,22-24,29-30,33,36H,5-8,11,14,18-21,25-28H2,1-3H3,(H,46,50)/b15-4-/t29-,30+,33-,36+,41-,42+/m0/s1. The minimum Gasteiger partial charge on any atom is -0.490 e. The van der Waals surface area contributed by atoms with Gasteiger partial charge < -0.3 is 19.3 Å². The van der Waals surface area contributed by atoms with Gasteiger partial charge in [-0.1, -0.05) is 36.7 Å². The van der Waals surface area contributed by atoms with Crippen molar-refractivity contribution < 1.29 is 22.7 Å². The van der Waals surface area contributed by atoms with Gasteiger partial charge in [-0.2, -0.15) is 0 Å². The molecule has 0 unspecified atom stereocenters. The number of aryl methyl sites for hydroxylation is 1. The second-order valence-corrected chi connectivity index (χ2v) is 19.0. The summed E-state index contributed by atoms with van der Waals surface area (Å²) in [5.41, 5.74) is 2.79. The Bertz CT molecular complexity index is 2030. The molecule has 2 aliphatic carbocycles. The maximum Gasteiger partial charge on any atom is 0.264 e. The molecule has 6 atom stereocenters. The first kappa shape index (κ1) is 38.2. The number of aromatic nitrogens is 2. The molecule has 2 bridgehead atoms. The van der Waals surface area contributed by atoms with Gasteiger partial charge in [-0.25, -0.2) is 18.1 Å². The molecule has 2 fully saturated rings. The summed E-state index contributed by atoms with van der Waals surface area (Å²) in [5, 5.41) is -0.0543. The molecule has 294 valence electrons. The van der Waals surface area contributed by atoms with Crippen LogP contribution in [0.4, 0.5) is 11.5 Å². The fourth-order valence-electron chi connectivity index (χ4n) is 9.75. The van der Waals surface area contributed by atoms with Crippen LogP contribution in [-0.4, -0.2) is 99.6 Å². The first-order chi connectivity index (χ1) is 26.5. The number of allylic oxidation sites excluding steroid dienone is 1. The van der Waals surface area contributed by atoms with Gasteiger partial charge >= 0.3 is 0 Å². The summed E-state index contributed by atoms with van der Waals surface area (Å²) < 4.78 is 43.1. The predicted octanol–water partition coefficient (Wildman–Crippen LogP) is 5.88. The lowest BCUT2D eigenvalue weighted by Crippen LogP contribution is -2.59. The molecule has 1 aromatic heterocycles. The number of anilines is 2. The average Bonchev–Trinajstić information content (AvgIpc) is 3.32. The third-order valence-corrected chi connectivity index (χ3v) is 15.5. The van der Waals surface area contributed by atoms with E-state index in [1.165, 1.54) is 11.1 Å². The number of piperazine rings is 1. The summed E-state index contributed by atoms with van der Waals surface area (Å²) in [6, 6.07) is 11.6. The Kier molecular flexibility index (Phi) is 10.6. The van der Waals surface area contributed by atoms with Crippen LogP contribution in [0.25, 0.3) is 0 Å². The molecular formula is C42H53ClN6O5S. The van der Waals surface area contributed by atoms with Crippen molar-refractivity contribution >= 4 is 39.0 Å². The number of methoxy groups -OCH3 is 1. The number of nitrogens with one attached hydrogen (secondary N) is 1. The van der Waals surface area contributed by atoms with Crippen molar-refractivity contribution in [3.8, 4) is 5.75 Å². The van der Waals surface area contributed by atoms with Crippen LogP contribution in [0.5, 0.6) is 5.75 Å². The smallest absolute Gasteiger partial charge is 0.264 e. The molecule has 13 heteroatoms. The Morgan fingerprint density at radius 2 is 1.89 bits per heavy atom. The molecule has 3 aliphatic heterocycles. The van der Waals surface area contributed by atoms with Crippen LogP contribution in [0.3, 0.4) is 0 Å². The fraction of sp³-hybridized carbons (Fsp3) is 0.548. The minimum atomic E-state index is -3.97. The molecule has 0 radical (unpaired) electrons.